The molecule has 0 saturated heterocycles. The Morgan fingerprint density at radius 2 is 1.66 bits per heavy atom. The van der Waals surface area contributed by atoms with Crippen molar-refractivity contribution in [3.05, 3.63) is 88.0 Å². The molecule has 0 spiro atoms. The van der Waals surface area contributed by atoms with Gasteiger partial charge in [0.15, 0.2) is 6.61 Å². The Kier molecular flexibility index (Phi) is 6.74. The highest BCUT2D eigenvalue weighted by atomic mass is 32.2. The van der Waals surface area contributed by atoms with Gasteiger partial charge in [-0.2, -0.15) is 0 Å². The number of carbonyl (C=O) groups excluding carboxylic acids is 1. The summed E-state index contributed by atoms with van der Waals surface area (Å²) in [6.45, 7) is 3.27. The van der Waals surface area contributed by atoms with Gasteiger partial charge in [-0.25, -0.2) is 8.42 Å². The number of rotatable bonds is 8. The van der Waals surface area contributed by atoms with Gasteiger partial charge in [-0.1, -0.05) is 23.8 Å². The summed E-state index contributed by atoms with van der Waals surface area (Å²) in [5.74, 6) is -0.212. The SMILES string of the molecule is Cc1ccc(NS(=O)(=O)c2ccc(OCC(=O)Nc3cc([N+](=O)[O-])ccc3C)cc2)cc1. The number of nitrogens with zero attached hydrogens (tertiary/aromatic N) is 1. The van der Waals surface area contributed by atoms with E-state index >= 15 is 0 Å². The molecular formula is C22H21N3O6S. The van der Waals surface area contributed by atoms with E-state index in [0.29, 0.717) is 22.7 Å². The van der Waals surface area contributed by atoms with Crippen molar-refractivity contribution >= 4 is 33.0 Å². The van der Waals surface area contributed by atoms with Crippen LogP contribution in [-0.2, 0) is 14.8 Å². The molecule has 32 heavy (non-hydrogen) atoms. The number of amides is 1. The maximum Gasteiger partial charge on any atom is 0.271 e. The summed E-state index contributed by atoms with van der Waals surface area (Å²) in [5, 5.41) is 13.5. The molecule has 9 nitrogen and oxygen atoms in total. The van der Waals surface area contributed by atoms with Gasteiger partial charge in [0.25, 0.3) is 21.6 Å². The van der Waals surface area contributed by atoms with Crippen LogP contribution in [-0.4, -0.2) is 25.9 Å². The van der Waals surface area contributed by atoms with Gasteiger partial charge in [-0.3, -0.25) is 19.6 Å². The Bertz CT molecular complexity index is 1240. The van der Waals surface area contributed by atoms with Crippen LogP contribution in [0.4, 0.5) is 17.1 Å². The first-order chi connectivity index (χ1) is 15.1. The molecule has 3 rings (SSSR count). The van der Waals surface area contributed by atoms with Gasteiger partial charge in [0, 0.05) is 17.8 Å². The van der Waals surface area contributed by atoms with Crippen LogP contribution in [0, 0.1) is 24.0 Å². The number of hydrogen-bond donors (Lipinski definition) is 2. The van der Waals surface area contributed by atoms with Gasteiger partial charge < -0.3 is 10.1 Å². The van der Waals surface area contributed by atoms with Crippen molar-refractivity contribution in [2.24, 2.45) is 0 Å². The molecule has 3 aromatic rings. The summed E-state index contributed by atoms with van der Waals surface area (Å²) in [4.78, 5) is 22.6. The smallest absolute Gasteiger partial charge is 0.271 e. The van der Waals surface area contributed by atoms with Crippen LogP contribution in [0.25, 0.3) is 0 Å². The van der Waals surface area contributed by atoms with Gasteiger partial charge in [0.2, 0.25) is 0 Å². The van der Waals surface area contributed by atoms with E-state index in [1.165, 1.54) is 36.4 Å². The molecule has 0 aliphatic carbocycles. The number of nitro groups is 1. The first-order valence-corrected chi connectivity index (χ1v) is 11.0. The zero-order valence-electron chi connectivity index (χ0n) is 17.4. The molecule has 0 bridgehead atoms. The molecule has 0 heterocycles. The number of ether oxygens (including phenoxy) is 1. The van der Waals surface area contributed by atoms with Crippen LogP contribution in [0.15, 0.2) is 71.6 Å². The van der Waals surface area contributed by atoms with E-state index in [-0.39, 0.29) is 17.2 Å². The van der Waals surface area contributed by atoms with Crippen molar-refractivity contribution in [2.45, 2.75) is 18.7 Å². The lowest BCUT2D eigenvalue weighted by Crippen LogP contribution is -2.20. The van der Waals surface area contributed by atoms with Crippen molar-refractivity contribution in [1.82, 2.24) is 0 Å². The number of sulfonamides is 1. The zero-order chi connectivity index (χ0) is 23.3. The zero-order valence-corrected chi connectivity index (χ0v) is 18.2. The standard InChI is InChI=1S/C22H21N3O6S/c1-15-3-6-17(7-4-15)24-32(29,30)20-11-9-19(10-12-20)31-14-22(26)23-21-13-18(25(27)28)8-5-16(21)2/h3-13,24H,14H2,1-2H3,(H,23,26). The topological polar surface area (TPSA) is 128 Å². The van der Waals surface area contributed by atoms with Gasteiger partial charge in [-0.05, 0) is 55.8 Å². The van der Waals surface area contributed by atoms with Crippen LogP contribution in [0.5, 0.6) is 5.75 Å². The van der Waals surface area contributed by atoms with Gasteiger partial charge >= 0.3 is 0 Å². The Hall–Kier alpha value is -3.92. The maximum atomic E-state index is 12.5. The second kappa shape index (κ2) is 9.48. The van der Waals surface area contributed by atoms with Gasteiger partial charge in [0.1, 0.15) is 5.75 Å². The predicted molar refractivity (Wildman–Crippen MR) is 120 cm³/mol. The monoisotopic (exact) mass is 455 g/mol. The molecule has 10 heteroatoms. The summed E-state index contributed by atoms with van der Waals surface area (Å²) in [6.07, 6.45) is 0. The van der Waals surface area contributed by atoms with E-state index < -0.39 is 20.9 Å². The summed E-state index contributed by atoms with van der Waals surface area (Å²) in [7, 11) is -3.77. The Morgan fingerprint density at radius 3 is 2.28 bits per heavy atom. The highest BCUT2D eigenvalue weighted by molar-refractivity contribution is 7.92. The predicted octanol–water partition coefficient (Wildman–Crippen LogP) is 4.03. The number of nitro benzene ring substituents is 1. The van der Waals surface area contributed by atoms with E-state index in [9.17, 15) is 23.3 Å². The minimum Gasteiger partial charge on any atom is -0.484 e. The number of aryl methyl sites for hydroxylation is 2. The third-order valence-electron chi connectivity index (χ3n) is 4.51. The van der Waals surface area contributed by atoms with Crippen molar-refractivity contribution < 1.29 is 22.9 Å². The summed E-state index contributed by atoms with van der Waals surface area (Å²) >= 11 is 0. The number of non-ortho nitro benzene ring substituents is 1. The van der Waals surface area contributed by atoms with Crippen molar-refractivity contribution in [1.29, 1.82) is 0 Å². The fourth-order valence-corrected chi connectivity index (χ4v) is 3.80. The van der Waals surface area contributed by atoms with E-state index in [2.05, 4.69) is 10.0 Å². The lowest BCUT2D eigenvalue weighted by molar-refractivity contribution is -0.384. The molecule has 1 amide bonds. The minimum absolute atomic E-state index is 0.0436. The third-order valence-corrected chi connectivity index (χ3v) is 5.91. The van der Waals surface area contributed by atoms with Crippen molar-refractivity contribution in [3.8, 4) is 5.75 Å². The molecule has 3 aromatic carbocycles. The van der Waals surface area contributed by atoms with Gasteiger partial charge in [0.05, 0.1) is 15.5 Å². The lowest BCUT2D eigenvalue weighted by Gasteiger charge is -2.11. The van der Waals surface area contributed by atoms with E-state index in [1.54, 1.807) is 37.3 Å². The summed E-state index contributed by atoms with van der Waals surface area (Å²) in [6, 6.07) is 16.7. The molecule has 2 N–H and O–H groups in total. The minimum atomic E-state index is -3.77. The highest BCUT2D eigenvalue weighted by Gasteiger charge is 2.15. The maximum absolute atomic E-state index is 12.5. The molecule has 0 atom stereocenters. The normalized spacial score (nSPS) is 10.9. The first kappa shape index (κ1) is 22.8. The van der Waals surface area contributed by atoms with Crippen molar-refractivity contribution in [3.63, 3.8) is 0 Å². The number of carbonyl (C=O) groups is 1. The summed E-state index contributed by atoms with van der Waals surface area (Å²) in [5.41, 5.74) is 2.31. The van der Waals surface area contributed by atoms with Crippen LogP contribution in [0.3, 0.4) is 0 Å². The molecule has 0 aliphatic heterocycles. The molecule has 0 saturated carbocycles. The second-order valence-corrected chi connectivity index (χ2v) is 8.72. The molecule has 166 valence electrons. The summed E-state index contributed by atoms with van der Waals surface area (Å²) < 4.78 is 32.9. The van der Waals surface area contributed by atoms with E-state index in [0.717, 1.165) is 5.56 Å². The number of nitrogens with one attached hydrogen (secondary N) is 2. The fraction of sp³-hybridized carbons (Fsp3) is 0.136. The molecule has 0 radical (unpaired) electrons. The average molecular weight is 455 g/mol. The Labute approximate surface area is 185 Å². The van der Waals surface area contributed by atoms with Crippen LogP contribution in [0.2, 0.25) is 0 Å². The Balaban J connectivity index is 1.60. The van der Waals surface area contributed by atoms with E-state index in [4.69, 9.17) is 4.74 Å². The molecule has 0 unspecified atom stereocenters. The van der Waals surface area contributed by atoms with Crippen LogP contribution in [0.1, 0.15) is 11.1 Å². The fourth-order valence-electron chi connectivity index (χ4n) is 2.74. The average Bonchev–Trinajstić information content (AvgIpc) is 2.75. The van der Waals surface area contributed by atoms with Gasteiger partial charge in [-0.15, -0.1) is 0 Å². The largest absolute Gasteiger partial charge is 0.484 e. The molecule has 0 aromatic heterocycles. The highest BCUT2D eigenvalue weighted by Crippen LogP contribution is 2.22. The van der Waals surface area contributed by atoms with Crippen LogP contribution >= 0.6 is 0 Å². The number of hydrogen-bond acceptors (Lipinski definition) is 6. The second-order valence-electron chi connectivity index (χ2n) is 7.04. The van der Waals surface area contributed by atoms with Crippen LogP contribution < -0.4 is 14.8 Å². The number of anilines is 2. The quantitative estimate of drug-likeness (QED) is 0.390. The Morgan fingerprint density at radius 1 is 1.00 bits per heavy atom. The van der Waals surface area contributed by atoms with E-state index in [1.807, 2.05) is 6.92 Å². The van der Waals surface area contributed by atoms with Crippen molar-refractivity contribution in [2.75, 3.05) is 16.6 Å². The first-order valence-electron chi connectivity index (χ1n) is 9.51. The lowest BCUT2D eigenvalue weighted by atomic mass is 10.2. The third kappa shape index (κ3) is 5.82. The molecule has 0 aliphatic rings. The molecule has 0 fully saturated rings. The number of benzene rings is 3. The molecular weight excluding hydrogens is 434 g/mol.